The lowest BCUT2D eigenvalue weighted by molar-refractivity contribution is -0.874. The van der Waals surface area contributed by atoms with Gasteiger partial charge in [-0.3, -0.25) is 25.1 Å². The number of hydrogen-bond donors (Lipinski definition) is 6. The maximum atomic E-state index is 10.9. The van der Waals surface area contributed by atoms with Gasteiger partial charge in [-0.05, 0) is 19.3 Å². The number of nitrogens with two attached hydrogens (primary N) is 2. The second kappa shape index (κ2) is 23.8. The number of guanidine groups is 1. The Bertz CT molecular complexity index is 983. The number of amides is 1. The molecule has 0 radical (unpaired) electrons. The van der Waals surface area contributed by atoms with Crippen LogP contribution in [0, 0.1) is 11.3 Å². The van der Waals surface area contributed by atoms with Crippen LogP contribution in [0.15, 0.2) is 0 Å². The predicted octanol–water partition coefficient (Wildman–Crippen LogP) is -3.71. The average Bonchev–Trinajstić information content (AvgIpc) is 3.14. The third kappa shape index (κ3) is 33.8. The Morgan fingerprint density at radius 2 is 1.38 bits per heavy atom. The molecule has 0 aromatic rings. The van der Waals surface area contributed by atoms with Gasteiger partial charge in [-0.1, -0.05) is 13.8 Å². The van der Waals surface area contributed by atoms with Crippen molar-refractivity contribution in [2.75, 3.05) is 82.1 Å². The summed E-state index contributed by atoms with van der Waals surface area (Å²) in [7, 11) is 13.4. The van der Waals surface area contributed by atoms with Gasteiger partial charge in [-0.2, -0.15) is 0 Å². The van der Waals surface area contributed by atoms with E-state index in [2.05, 4.69) is 11.1 Å². The molecule has 1 fully saturated rings. The van der Waals surface area contributed by atoms with Gasteiger partial charge in [0.25, 0.3) is 0 Å². The molecule has 0 saturated carbocycles. The normalized spacial score (nSPS) is 15.4. The summed E-state index contributed by atoms with van der Waals surface area (Å²) in [6.45, 7) is 6.92. The van der Waals surface area contributed by atoms with E-state index in [9.17, 15) is 34.2 Å². The number of rotatable bonds is 17. The van der Waals surface area contributed by atoms with Crippen LogP contribution in [0.5, 0.6) is 0 Å². The van der Waals surface area contributed by atoms with Crippen LogP contribution in [-0.2, 0) is 33.4 Å². The van der Waals surface area contributed by atoms with Gasteiger partial charge in [-0.15, -0.1) is 0 Å². The summed E-state index contributed by atoms with van der Waals surface area (Å²) in [6.07, 6.45) is -1.19. The number of aliphatic carboxylic acids is 4. The van der Waals surface area contributed by atoms with Gasteiger partial charge in [0, 0.05) is 31.8 Å². The molecule has 3 unspecified atom stereocenters. The van der Waals surface area contributed by atoms with Crippen molar-refractivity contribution in [2.45, 2.75) is 64.4 Å². The molecular weight excluding hydrogens is 622 g/mol. The molecule has 0 aromatic heterocycles. The number of hydrogen-bond acceptors (Lipinski definition) is 12. The number of ether oxygens (including phenoxy) is 2. The highest BCUT2D eigenvalue weighted by Crippen LogP contribution is 2.11. The molecule has 18 nitrogen and oxygen atoms in total. The van der Waals surface area contributed by atoms with Gasteiger partial charge in [-0.25, -0.2) is 0 Å². The Morgan fingerprint density at radius 1 is 0.957 bits per heavy atom. The molecule has 47 heavy (non-hydrogen) atoms. The first kappa shape index (κ1) is 48.0. The van der Waals surface area contributed by atoms with E-state index in [-0.39, 0.29) is 44.0 Å². The second-order valence-electron chi connectivity index (χ2n) is 13.5. The fraction of sp³-hybridized carbons (Fsp3) is 0.793. The standard InChI is InChI=1S/C17H34N2O6.C6H13NO2.C4H7N3O.C2H5NO2/c1-13(25-15(9-17(22)23)11-19(5,6)7)12-24-14(8-16(20)21)10-18(2,3)4;1-4(2)3-5(7)6(8)9;1-7-2-3(8)6-4(7)5;3-1-2(4)5/h13-15H,8-12H2,1-7H3;4-5H,3,7H2,1-2H3,(H,8,9);2H2,1H3,(H2,5,6,8);1,3H2,(H,4,5)/t;5-;;/m.0../s1. The van der Waals surface area contributed by atoms with Crippen molar-refractivity contribution in [3.05, 3.63) is 0 Å². The van der Waals surface area contributed by atoms with E-state index in [1.165, 1.54) is 0 Å². The van der Waals surface area contributed by atoms with E-state index in [1.807, 2.05) is 56.1 Å². The summed E-state index contributed by atoms with van der Waals surface area (Å²) in [5.74, 6) is -3.75. The lowest BCUT2D eigenvalue weighted by atomic mass is 10.1. The monoisotopic (exact) mass is 681 g/mol. The molecule has 8 N–H and O–H groups in total. The van der Waals surface area contributed by atoms with E-state index >= 15 is 0 Å². The largest absolute Gasteiger partial charge is 0.550 e. The number of carbonyl (C=O) groups is 5. The smallest absolute Gasteiger partial charge is 0.320 e. The van der Waals surface area contributed by atoms with Crippen molar-refractivity contribution >= 4 is 35.7 Å². The van der Waals surface area contributed by atoms with Crippen LogP contribution in [0.25, 0.3) is 0 Å². The molecule has 1 saturated heterocycles. The van der Waals surface area contributed by atoms with Crippen LogP contribution in [0.1, 0.15) is 40.0 Å². The average molecular weight is 682 g/mol. The van der Waals surface area contributed by atoms with Gasteiger partial charge in [0.1, 0.15) is 31.3 Å². The number of carboxylic acid groups (broad SMARTS) is 4. The third-order valence-electron chi connectivity index (χ3n) is 5.52. The fourth-order valence-corrected chi connectivity index (χ4v) is 3.74. The first-order chi connectivity index (χ1) is 21.2. The van der Waals surface area contributed by atoms with Gasteiger partial charge < -0.3 is 64.8 Å². The topological polar surface area (TPSA) is 282 Å². The minimum absolute atomic E-state index is 0.0995. The maximum absolute atomic E-state index is 10.9. The molecule has 1 aliphatic heterocycles. The summed E-state index contributed by atoms with van der Waals surface area (Å²) in [4.78, 5) is 53.1. The zero-order valence-electron chi connectivity index (χ0n) is 29.6. The Labute approximate surface area is 278 Å². The van der Waals surface area contributed by atoms with E-state index in [4.69, 9.17) is 30.8 Å². The van der Waals surface area contributed by atoms with Crippen LogP contribution in [0.4, 0.5) is 0 Å². The molecule has 0 spiro atoms. The SMILES string of the molecule is CC(C)C[C@H](N)C(=O)O.CC(COC(CC(=O)[O-])C[N+](C)(C)C)OC(CC(=O)[O-])C[N+](C)(C)C.CN1CC(=O)NC1=N.NCC(=O)O. The minimum Gasteiger partial charge on any atom is -0.550 e. The van der Waals surface area contributed by atoms with Crippen molar-refractivity contribution in [1.82, 2.24) is 10.2 Å². The zero-order chi connectivity index (χ0) is 37.7. The molecule has 18 heteroatoms. The van der Waals surface area contributed by atoms with Crippen LogP contribution in [-0.4, -0.2) is 166 Å². The van der Waals surface area contributed by atoms with Gasteiger partial charge in [0.05, 0.1) is 68.1 Å². The van der Waals surface area contributed by atoms with Gasteiger partial charge in [0.2, 0.25) is 5.91 Å². The summed E-state index contributed by atoms with van der Waals surface area (Å²) >= 11 is 0. The van der Waals surface area contributed by atoms with Crippen LogP contribution in [0.3, 0.4) is 0 Å². The molecule has 0 aliphatic carbocycles. The summed E-state index contributed by atoms with van der Waals surface area (Å²) < 4.78 is 12.6. The third-order valence-corrected chi connectivity index (χ3v) is 5.52. The van der Waals surface area contributed by atoms with Gasteiger partial charge >= 0.3 is 11.9 Å². The molecule has 0 aromatic carbocycles. The number of carbonyl (C=O) groups excluding carboxylic acids is 3. The summed E-state index contributed by atoms with van der Waals surface area (Å²) in [5, 5.41) is 47.0. The highest BCUT2D eigenvalue weighted by molar-refractivity contribution is 6.02. The minimum atomic E-state index is -1.16. The fourth-order valence-electron chi connectivity index (χ4n) is 3.74. The summed E-state index contributed by atoms with van der Waals surface area (Å²) in [5.41, 5.74) is 9.79. The molecule has 1 amide bonds. The van der Waals surface area contributed by atoms with Crippen LogP contribution < -0.4 is 27.0 Å². The number of quaternary nitrogens is 2. The Morgan fingerprint density at radius 3 is 1.64 bits per heavy atom. The Balaban J connectivity index is -0.000000705. The van der Waals surface area contributed by atoms with Crippen LogP contribution >= 0.6 is 0 Å². The number of carboxylic acids is 4. The molecule has 4 atom stereocenters. The van der Waals surface area contributed by atoms with E-state index in [1.54, 1.807) is 18.9 Å². The molecule has 0 bridgehead atoms. The molecule has 1 heterocycles. The van der Waals surface area contributed by atoms with Crippen molar-refractivity contribution in [2.24, 2.45) is 17.4 Å². The predicted molar refractivity (Wildman–Crippen MR) is 169 cm³/mol. The number of nitrogens with one attached hydrogen (secondary N) is 2. The summed E-state index contributed by atoms with van der Waals surface area (Å²) in [6, 6.07) is -0.690. The molecule has 1 aliphatic rings. The van der Waals surface area contributed by atoms with Crippen molar-refractivity contribution in [3.8, 4) is 0 Å². The lowest BCUT2D eigenvalue weighted by Crippen LogP contribution is -2.47. The zero-order valence-corrected chi connectivity index (χ0v) is 29.6. The van der Waals surface area contributed by atoms with Crippen LogP contribution in [0.2, 0.25) is 0 Å². The van der Waals surface area contributed by atoms with Crippen molar-refractivity contribution in [1.29, 1.82) is 5.41 Å². The highest BCUT2D eigenvalue weighted by Gasteiger charge is 2.24. The molecule has 276 valence electrons. The highest BCUT2D eigenvalue weighted by atomic mass is 16.5. The van der Waals surface area contributed by atoms with E-state index in [0.29, 0.717) is 40.9 Å². The molecular formula is C29H59N7O11. The molecule has 1 rings (SSSR count). The number of nitrogens with zero attached hydrogens (tertiary/aromatic N) is 3. The maximum Gasteiger partial charge on any atom is 0.320 e. The number of likely N-dealkylation sites (N-methyl/N-ethyl adjacent to an activating group) is 3. The Hall–Kier alpha value is -3.42. The quantitative estimate of drug-likeness (QED) is 0.0806. The Kier molecular flexibility index (Phi) is 24.3. The van der Waals surface area contributed by atoms with Crippen molar-refractivity contribution in [3.63, 3.8) is 0 Å². The van der Waals surface area contributed by atoms with Crippen molar-refractivity contribution < 1.29 is 62.8 Å². The van der Waals surface area contributed by atoms with Gasteiger partial charge in [0.15, 0.2) is 5.96 Å². The van der Waals surface area contributed by atoms with E-state index < -0.39 is 42.1 Å². The van der Waals surface area contributed by atoms with E-state index in [0.717, 1.165) is 0 Å². The first-order valence-corrected chi connectivity index (χ1v) is 15.0. The first-order valence-electron chi connectivity index (χ1n) is 15.0. The second-order valence-corrected chi connectivity index (χ2v) is 13.5. The lowest BCUT2D eigenvalue weighted by Gasteiger charge is -2.32.